The molecule has 10 heteroatoms. The maximum absolute atomic E-state index is 14.0. The van der Waals surface area contributed by atoms with Gasteiger partial charge in [0.05, 0.1) is 31.3 Å². The number of cyclic esters (lactones) is 1. The van der Waals surface area contributed by atoms with Gasteiger partial charge in [0.15, 0.2) is 11.6 Å². The van der Waals surface area contributed by atoms with E-state index in [2.05, 4.69) is 11.0 Å². The molecule has 3 aliphatic rings. The van der Waals surface area contributed by atoms with Gasteiger partial charge in [0, 0.05) is 24.2 Å². The molecule has 2 saturated heterocycles. The number of benzene rings is 2. The zero-order valence-corrected chi connectivity index (χ0v) is 24.3. The Morgan fingerprint density at radius 2 is 1.74 bits per heavy atom. The normalized spacial score (nSPS) is 23.6. The van der Waals surface area contributed by atoms with Crippen molar-refractivity contribution < 1.29 is 33.0 Å². The zero-order valence-electron chi connectivity index (χ0n) is 24.3. The number of anilines is 1. The molecule has 6 rings (SSSR count). The number of hydrogen-bond acceptors (Lipinski definition) is 6. The second-order valence-electron chi connectivity index (χ2n) is 11.7. The molecule has 0 unspecified atom stereocenters. The smallest absolute Gasteiger partial charge is 0.411 e. The van der Waals surface area contributed by atoms with Gasteiger partial charge in [0.1, 0.15) is 17.7 Å². The van der Waals surface area contributed by atoms with Crippen LogP contribution in [0.4, 0.5) is 19.4 Å². The maximum atomic E-state index is 14.0. The lowest BCUT2D eigenvalue weighted by molar-refractivity contribution is -0.142. The molecule has 0 spiro atoms. The zero-order chi connectivity index (χ0) is 30.2. The van der Waals surface area contributed by atoms with Crippen LogP contribution in [0.25, 0.3) is 11.1 Å². The molecule has 3 fully saturated rings. The first kappa shape index (κ1) is 28.9. The highest BCUT2D eigenvalue weighted by molar-refractivity contribution is 5.76. The largest absolute Gasteiger partial charge is 0.496 e. The number of pyridine rings is 1. The van der Waals surface area contributed by atoms with Gasteiger partial charge in [-0.15, -0.1) is 0 Å². The number of carbonyl (C=O) groups is 2. The van der Waals surface area contributed by atoms with Gasteiger partial charge in [-0.3, -0.25) is 9.69 Å². The lowest BCUT2D eigenvalue weighted by Crippen LogP contribution is -2.38. The van der Waals surface area contributed by atoms with Crippen LogP contribution in [-0.4, -0.2) is 53.3 Å². The van der Waals surface area contributed by atoms with Crippen LogP contribution >= 0.6 is 0 Å². The highest BCUT2D eigenvalue weighted by atomic mass is 19.2. The fraction of sp³-hybridized carbons (Fsp3) is 0.424. The topological polar surface area (TPSA) is 92.2 Å². The SMILES string of the molecule is COc1ccc(C2CCC(C(=O)O)CC2)cc1-c1ccc(N2CCC2)nc1CN1C(=O)O[C@H](c2ccc(F)c(F)c2)[C@@H]1C. The van der Waals surface area contributed by atoms with Crippen LogP contribution in [-0.2, 0) is 16.1 Å². The fourth-order valence-corrected chi connectivity index (χ4v) is 6.45. The average Bonchev–Trinajstić information content (AvgIpc) is 3.26. The highest BCUT2D eigenvalue weighted by Crippen LogP contribution is 2.42. The first-order valence-electron chi connectivity index (χ1n) is 14.8. The minimum absolute atomic E-state index is 0.147. The van der Waals surface area contributed by atoms with Crippen molar-refractivity contribution in [3.63, 3.8) is 0 Å². The van der Waals surface area contributed by atoms with E-state index in [1.807, 2.05) is 31.2 Å². The van der Waals surface area contributed by atoms with E-state index in [1.54, 1.807) is 12.0 Å². The molecule has 226 valence electrons. The number of carboxylic acids is 1. The van der Waals surface area contributed by atoms with Crippen LogP contribution < -0.4 is 9.64 Å². The predicted molar refractivity (Wildman–Crippen MR) is 156 cm³/mol. The number of methoxy groups -OCH3 is 1. The Labute approximate surface area is 249 Å². The van der Waals surface area contributed by atoms with Crippen molar-refractivity contribution in [2.24, 2.45) is 5.92 Å². The predicted octanol–water partition coefficient (Wildman–Crippen LogP) is 6.69. The van der Waals surface area contributed by atoms with Gasteiger partial charge in [-0.25, -0.2) is 18.6 Å². The molecule has 1 amide bonds. The van der Waals surface area contributed by atoms with Crippen LogP contribution in [0.2, 0.25) is 0 Å². The van der Waals surface area contributed by atoms with Crippen LogP contribution in [0.3, 0.4) is 0 Å². The summed E-state index contributed by atoms with van der Waals surface area (Å²) in [5, 5.41) is 9.43. The summed E-state index contributed by atoms with van der Waals surface area (Å²) in [5.41, 5.74) is 3.83. The fourth-order valence-electron chi connectivity index (χ4n) is 6.45. The Bertz CT molecular complexity index is 1540. The first-order valence-corrected chi connectivity index (χ1v) is 14.8. The summed E-state index contributed by atoms with van der Waals surface area (Å²) in [4.78, 5) is 33.4. The quantitative estimate of drug-likeness (QED) is 0.312. The van der Waals surface area contributed by atoms with Gasteiger partial charge in [0.25, 0.3) is 0 Å². The van der Waals surface area contributed by atoms with E-state index in [-0.39, 0.29) is 18.4 Å². The summed E-state index contributed by atoms with van der Waals surface area (Å²) in [6.45, 7) is 3.78. The molecule has 0 bridgehead atoms. The number of aliphatic carboxylic acids is 1. The van der Waals surface area contributed by atoms with E-state index in [1.165, 1.54) is 6.07 Å². The van der Waals surface area contributed by atoms with Crippen molar-refractivity contribution in [2.75, 3.05) is 25.1 Å². The van der Waals surface area contributed by atoms with E-state index in [4.69, 9.17) is 14.5 Å². The molecular weight excluding hydrogens is 556 g/mol. The Morgan fingerprint density at radius 1 is 1.00 bits per heavy atom. The van der Waals surface area contributed by atoms with Crippen molar-refractivity contribution in [1.82, 2.24) is 9.88 Å². The number of carbonyl (C=O) groups excluding carboxylic acids is 1. The molecule has 2 aliphatic heterocycles. The maximum Gasteiger partial charge on any atom is 0.411 e. The van der Waals surface area contributed by atoms with Crippen molar-refractivity contribution in [3.8, 4) is 16.9 Å². The van der Waals surface area contributed by atoms with E-state index in [0.717, 1.165) is 67.0 Å². The Balaban J connectivity index is 1.34. The van der Waals surface area contributed by atoms with Crippen molar-refractivity contribution in [3.05, 3.63) is 77.0 Å². The van der Waals surface area contributed by atoms with Crippen LogP contribution in [0, 0.1) is 17.6 Å². The van der Waals surface area contributed by atoms with E-state index in [0.29, 0.717) is 29.8 Å². The molecule has 43 heavy (non-hydrogen) atoms. The van der Waals surface area contributed by atoms with E-state index < -0.39 is 35.8 Å². The summed E-state index contributed by atoms with van der Waals surface area (Å²) >= 11 is 0. The van der Waals surface area contributed by atoms with Gasteiger partial charge in [-0.1, -0.05) is 12.1 Å². The number of carboxylic acid groups (broad SMARTS) is 1. The summed E-state index contributed by atoms with van der Waals surface area (Å²) in [7, 11) is 1.62. The molecule has 8 nitrogen and oxygen atoms in total. The number of rotatable bonds is 8. The third-order valence-electron chi connectivity index (χ3n) is 9.19. The molecular formula is C33H35F2N3O5. The Morgan fingerprint density at radius 3 is 2.40 bits per heavy atom. The van der Waals surface area contributed by atoms with Gasteiger partial charge >= 0.3 is 12.1 Å². The number of amides is 1. The lowest BCUT2D eigenvalue weighted by Gasteiger charge is -2.33. The minimum atomic E-state index is -0.992. The molecule has 3 heterocycles. The van der Waals surface area contributed by atoms with Gasteiger partial charge in [-0.05, 0) is 92.5 Å². The molecule has 1 saturated carbocycles. The molecule has 2 aromatic carbocycles. The Hall–Kier alpha value is -4.21. The molecule has 2 atom stereocenters. The summed E-state index contributed by atoms with van der Waals surface area (Å²) in [5.74, 6) is -1.25. The number of aromatic nitrogens is 1. The monoisotopic (exact) mass is 591 g/mol. The second-order valence-corrected chi connectivity index (χ2v) is 11.7. The van der Waals surface area contributed by atoms with Crippen LogP contribution in [0.1, 0.15) is 67.9 Å². The first-order chi connectivity index (χ1) is 20.7. The molecule has 1 aliphatic carbocycles. The number of halogens is 2. The summed E-state index contributed by atoms with van der Waals surface area (Å²) in [6, 6.07) is 13.2. The van der Waals surface area contributed by atoms with Crippen molar-refractivity contribution in [1.29, 1.82) is 0 Å². The third-order valence-corrected chi connectivity index (χ3v) is 9.19. The van der Waals surface area contributed by atoms with Crippen molar-refractivity contribution in [2.45, 2.75) is 63.6 Å². The lowest BCUT2D eigenvalue weighted by atomic mass is 9.78. The number of hydrogen-bond donors (Lipinski definition) is 1. The number of ether oxygens (including phenoxy) is 2. The summed E-state index contributed by atoms with van der Waals surface area (Å²) < 4.78 is 39.0. The minimum Gasteiger partial charge on any atom is -0.496 e. The summed E-state index contributed by atoms with van der Waals surface area (Å²) in [6.07, 6.45) is 2.65. The van der Waals surface area contributed by atoms with Crippen LogP contribution in [0.15, 0.2) is 48.5 Å². The van der Waals surface area contributed by atoms with E-state index in [9.17, 15) is 23.5 Å². The van der Waals surface area contributed by atoms with Gasteiger partial charge in [-0.2, -0.15) is 0 Å². The van der Waals surface area contributed by atoms with Gasteiger partial charge < -0.3 is 19.5 Å². The standard InChI is InChI=1S/C33H35F2N3O5/c1-19-31(23-8-11-26(34)27(35)17-23)43-33(41)38(19)18-28-24(10-13-30(36-28)37-14-3-15-37)25-16-22(9-12-29(25)42-2)20-4-6-21(7-5-20)32(39)40/h8-13,16-17,19-21,31H,3-7,14-15,18H2,1-2H3,(H,39,40)/t19-,20?,21?,31-/m0/s1. The van der Waals surface area contributed by atoms with Crippen molar-refractivity contribution >= 4 is 17.9 Å². The van der Waals surface area contributed by atoms with Crippen LogP contribution in [0.5, 0.6) is 5.75 Å². The highest BCUT2D eigenvalue weighted by Gasteiger charge is 2.40. The molecule has 3 aromatic rings. The number of nitrogens with zero attached hydrogens (tertiary/aromatic N) is 3. The molecule has 1 N–H and O–H groups in total. The average molecular weight is 592 g/mol. The molecule has 0 radical (unpaired) electrons. The second kappa shape index (κ2) is 11.8. The molecule has 1 aromatic heterocycles. The third kappa shape index (κ3) is 5.62. The Kier molecular flexibility index (Phi) is 7.94. The van der Waals surface area contributed by atoms with Gasteiger partial charge in [0.2, 0.25) is 0 Å². The van der Waals surface area contributed by atoms with E-state index >= 15 is 0 Å².